The average Bonchev–Trinajstić information content (AvgIpc) is 2.79. The van der Waals surface area contributed by atoms with Crippen molar-refractivity contribution in [1.82, 2.24) is 4.90 Å². The standard InChI is InChI=1S/C12H13BrClNO2/c13-11-4-3-8(14)6-10(11)12(17)15-5-1-2-9(15)7-16/h3-4,6,9,16H,1-2,5,7H2/t9-/m0/s1. The Kier molecular flexibility index (Phi) is 4.07. The summed E-state index contributed by atoms with van der Waals surface area (Å²) in [6, 6.07) is 5.09. The first-order valence-electron chi connectivity index (χ1n) is 5.50. The van der Waals surface area contributed by atoms with E-state index in [4.69, 9.17) is 11.6 Å². The zero-order chi connectivity index (χ0) is 12.4. The van der Waals surface area contributed by atoms with E-state index >= 15 is 0 Å². The van der Waals surface area contributed by atoms with Crippen LogP contribution < -0.4 is 0 Å². The van der Waals surface area contributed by atoms with E-state index in [1.807, 2.05) is 0 Å². The summed E-state index contributed by atoms with van der Waals surface area (Å²) >= 11 is 9.25. The molecule has 0 saturated carbocycles. The van der Waals surface area contributed by atoms with Gasteiger partial charge < -0.3 is 10.0 Å². The maximum atomic E-state index is 12.3. The van der Waals surface area contributed by atoms with Crippen molar-refractivity contribution >= 4 is 33.4 Å². The Labute approximate surface area is 114 Å². The summed E-state index contributed by atoms with van der Waals surface area (Å²) in [4.78, 5) is 14.0. The second-order valence-corrected chi connectivity index (χ2v) is 5.39. The van der Waals surface area contributed by atoms with Gasteiger partial charge in [0, 0.05) is 16.0 Å². The second kappa shape index (κ2) is 5.38. The SMILES string of the molecule is O=C(c1cc(Cl)ccc1Br)N1CCC[C@H]1CO. The molecule has 0 bridgehead atoms. The summed E-state index contributed by atoms with van der Waals surface area (Å²) in [5.74, 6) is -0.0732. The van der Waals surface area contributed by atoms with Gasteiger partial charge in [0.15, 0.2) is 0 Å². The fourth-order valence-corrected chi connectivity index (χ4v) is 2.70. The Morgan fingerprint density at radius 3 is 3.06 bits per heavy atom. The van der Waals surface area contributed by atoms with Crippen molar-refractivity contribution in [2.45, 2.75) is 18.9 Å². The number of rotatable bonds is 2. The number of carbonyl (C=O) groups excluding carboxylic acids is 1. The Morgan fingerprint density at radius 2 is 2.35 bits per heavy atom. The van der Waals surface area contributed by atoms with Crippen molar-refractivity contribution in [3.05, 3.63) is 33.3 Å². The van der Waals surface area contributed by atoms with Gasteiger partial charge in [-0.3, -0.25) is 4.79 Å². The molecule has 1 N–H and O–H groups in total. The zero-order valence-electron chi connectivity index (χ0n) is 9.20. The molecule has 1 fully saturated rings. The highest BCUT2D eigenvalue weighted by atomic mass is 79.9. The van der Waals surface area contributed by atoms with E-state index in [-0.39, 0.29) is 18.6 Å². The first-order chi connectivity index (χ1) is 8.13. The van der Waals surface area contributed by atoms with Gasteiger partial charge in [0.05, 0.1) is 18.2 Å². The Balaban J connectivity index is 2.27. The molecule has 1 saturated heterocycles. The normalized spacial score (nSPS) is 19.7. The molecule has 1 aromatic carbocycles. The number of aliphatic hydroxyl groups excluding tert-OH is 1. The number of amides is 1. The maximum absolute atomic E-state index is 12.3. The second-order valence-electron chi connectivity index (χ2n) is 4.10. The van der Waals surface area contributed by atoms with Crippen LogP contribution in [0.15, 0.2) is 22.7 Å². The van der Waals surface area contributed by atoms with Crippen molar-refractivity contribution in [1.29, 1.82) is 0 Å². The summed E-state index contributed by atoms with van der Waals surface area (Å²) in [6.45, 7) is 0.715. The molecule has 0 unspecified atom stereocenters. The van der Waals surface area contributed by atoms with E-state index in [1.54, 1.807) is 23.1 Å². The van der Waals surface area contributed by atoms with Crippen LogP contribution in [-0.2, 0) is 0 Å². The lowest BCUT2D eigenvalue weighted by Gasteiger charge is -2.23. The molecule has 1 amide bonds. The maximum Gasteiger partial charge on any atom is 0.255 e. The van der Waals surface area contributed by atoms with Crippen LogP contribution in [-0.4, -0.2) is 35.1 Å². The number of carbonyl (C=O) groups is 1. The molecule has 17 heavy (non-hydrogen) atoms. The minimum Gasteiger partial charge on any atom is -0.394 e. The van der Waals surface area contributed by atoms with Crippen LogP contribution >= 0.6 is 27.5 Å². The van der Waals surface area contributed by atoms with E-state index in [0.29, 0.717) is 17.1 Å². The van der Waals surface area contributed by atoms with Gasteiger partial charge in [0.25, 0.3) is 5.91 Å². The van der Waals surface area contributed by atoms with Crippen LogP contribution in [0, 0.1) is 0 Å². The predicted molar refractivity (Wildman–Crippen MR) is 70.3 cm³/mol. The molecule has 0 spiro atoms. The monoisotopic (exact) mass is 317 g/mol. The van der Waals surface area contributed by atoms with E-state index in [0.717, 1.165) is 17.3 Å². The number of hydrogen-bond donors (Lipinski definition) is 1. The van der Waals surface area contributed by atoms with Crippen molar-refractivity contribution in [3.8, 4) is 0 Å². The van der Waals surface area contributed by atoms with Gasteiger partial charge in [-0.05, 0) is 47.0 Å². The third-order valence-corrected chi connectivity index (χ3v) is 3.93. The Morgan fingerprint density at radius 1 is 1.59 bits per heavy atom. The minimum atomic E-state index is -0.0732. The zero-order valence-corrected chi connectivity index (χ0v) is 11.5. The number of nitrogens with zero attached hydrogens (tertiary/aromatic N) is 1. The van der Waals surface area contributed by atoms with E-state index in [1.165, 1.54) is 0 Å². The summed E-state index contributed by atoms with van der Waals surface area (Å²) in [6.07, 6.45) is 1.80. The molecule has 1 aliphatic heterocycles. The largest absolute Gasteiger partial charge is 0.394 e. The van der Waals surface area contributed by atoms with E-state index in [9.17, 15) is 9.90 Å². The fraction of sp³-hybridized carbons (Fsp3) is 0.417. The van der Waals surface area contributed by atoms with Crippen LogP contribution in [0.4, 0.5) is 0 Å². The van der Waals surface area contributed by atoms with Crippen molar-refractivity contribution in [2.75, 3.05) is 13.2 Å². The topological polar surface area (TPSA) is 40.5 Å². The molecule has 0 radical (unpaired) electrons. The lowest BCUT2D eigenvalue weighted by molar-refractivity contribution is 0.0676. The van der Waals surface area contributed by atoms with Gasteiger partial charge >= 0.3 is 0 Å². The van der Waals surface area contributed by atoms with Gasteiger partial charge in [-0.1, -0.05) is 11.6 Å². The van der Waals surface area contributed by atoms with Crippen molar-refractivity contribution < 1.29 is 9.90 Å². The molecular formula is C12H13BrClNO2. The highest BCUT2D eigenvalue weighted by molar-refractivity contribution is 9.10. The van der Waals surface area contributed by atoms with Crippen LogP contribution in [0.5, 0.6) is 0 Å². The van der Waals surface area contributed by atoms with Crippen LogP contribution in [0.25, 0.3) is 0 Å². The highest BCUT2D eigenvalue weighted by Gasteiger charge is 2.29. The molecule has 1 aromatic rings. The highest BCUT2D eigenvalue weighted by Crippen LogP contribution is 2.26. The van der Waals surface area contributed by atoms with Gasteiger partial charge in [-0.15, -0.1) is 0 Å². The van der Waals surface area contributed by atoms with Gasteiger partial charge in [0.1, 0.15) is 0 Å². The van der Waals surface area contributed by atoms with Gasteiger partial charge in [0.2, 0.25) is 0 Å². The minimum absolute atomic E-state index is 0.0178. The molecule has 1 aliphatic rings. The fourth-order valence-electron chi connectivity index (χ4n) is 2.11. The molecule has 5 heteroatoms. The molecule has 0 aromatic heterocycles. The number of aliphatic hydroxyl groups is 1. The molecule has 2 rings (SSSR count). The number of likely N-dealkylation sites (tertiary alicyclic amines) is 1. The van der Waals surface area contributed by atoms with Gasteiger partial charge in [-0.25, -0.2) is 0 Å². The molecule has 3 nitrogen and oxygen atoms in total. The quantitative estimate of drug-likeness (QED) is 0.911. The van der Waals surface area contributed by atoms with Crippen LogP contribution in [0.1, 0.15) is 23.2 Å². The van der Waals surface area contributed by atoms with Crippen LogP contribution in [0.2, 0.25) is 5.02 Å². The third-order valence-electron chi connectivity index (χ3n) is 3.01. The number of hydrogen-bond acceptors (Lipinski definition) is 2. The Bertz CT molecular complexity index is 439. The van der Waals surface area contributed by atoms with Crippen molar-refractivity contribution in [3.63, 3.8) is 0 Å². The summed E-state index contributed by atoms with van der Waals surface area (Å²) in [5.41, 5.74) is 0.554. The van der Waals surface area contributed by atoms with Crippen LogP contribution in [0.3, 0.4) is 0 Å². The van der Waals surface area contributed by atoms with E-state index < -0.39 is 0 Å². The number of halogens is 2. The molecular weight excluding hydrogens is 305 g/mol. The summed E-state index contributed by atoms with van der Waals surface area (Å²) < 4.78 is 0.732. The average molecular weight is 319 g/mol. The number of benzene rings is 1. The first-order valence-corrected chi connectivity index (χ1v) is 6.67. The molecule has 92 valence electrons. The lowest BCUT2D eigenvalue weighted by atomic mass is 10.1. The predicted octanol–water partition coefficient (Wildman–Crippen LogP) is 2.70. The molecule has 1 atom stereocenters. The smallest absolute Gasteiger partial charge is 0.255 e. The first kappa shape index (κ1) is 12.9. The van der Waals surface area contributed by atoms with Gasteiger partial charge in [-0.2, -0.15) is 0 Å². The van der Waals surface area contributed by atoms with Crippen molar-refractivity contribution in [2.24, 2.45) is 0 Å². The third kappa shape index (κ3) is 2.64. The molecule has 1 heterocycles. The summed E-state index contributed by atoms with van der Waals surface area (Å²) in [5, 5.41) is 9.76. The van der Waals surface area contributed by atoms with E-state index in [2.05, 4.69) is 15.9 Å². The molecule has 0 aliphatic carbocycles. The summed E-state index contributed by atoms with van der Waals surface area (Å²) in [7, 11) is 0. The Hall–Kier alpha value is -0.580. The lowest BCUT2D eigenvalue weighted by Crippen LogP contribution is -2.37.